The summed E-state index contributed by atoms with van der Waals surface area (Å²) in [5, 5.41) is 19.6. The first-order chi connectivity index (χ1) is 13.0. The van der Waals surface area contributed by atoms with Crippen molar-refractivity contribution in [2.75, 3.05) is 0 Å². The number of amides is 1. The third kappa shape index (κ3) is 4.54. The highest BCUT2D eigenvalue weighted by Gasteiger charge is 2.14. The number of halogens is 1. The van der Waals surface area contributed by atoms with Crippen molar-refractivity contribution in [1.82, 2.24) is 20.1 Å². The van der Waals surface area contributed by atoms with Gasteiger partial charge in [-0.3, -0.25) is 9.48 Å². The summed E-state index contributed by atoms with van der Waals surface area (Å²) in [6.45, 7) is 4.46. The van der Waals surface area contributed by atoms with Crippen LogP contribution < -0.4 is 5.32 Å². The van der Waals surface area contributed by atoms with Crippen molar-refractivity contribution >= 4 is 28.8 Å². The van der Waals surface area contributed by atoms with Gasteiger partial charge < -0.3 is 5.32 Å². The zero-order valence-electron chi connectivity index (χ0n) is 14.9. The molecule has 1 amide bonds. The largest absolute Gasteiger partial charge is 0.346 e. The first-order valence-corrected chi connectivity index (χ1v) is 9.74. The van der Waals surface area contributed by atoms with E-state index in [2.05, 4.69) is 15.4 Å². The predicted octanol–water partition coefficient (Wildman–Crippen LogP) is 3.91. The summed E-state index contributed by atoms with van der Waals surface area (Å²) in [6, 6.07) is 9.03. The Morgan fingerprint density at radius 2 is 2.26 bits per heavy atom. The molecule has 0 saturated carbocycles. The summed E-state index contributed by atoms with van der Waals surface area (Å²) in [4.78, 5) is 16.6. The minimum atomic E-state index is -0.176. The predicted molar refractivity (Wildman–Crippen MR) is 106 cm³/mol. The lowest BCUT2D eigenvalue weighted by atomic mass is 10.1. The summed E-state index contributed by atoms with van der Waals surface area (Å²) in [7, 11) is 0. The number of aryl methyl sites for hydroxylation is 1. The molecule has 0 spiro atoms. The fraction of sp³-hybridized carbons (Fsp3) is 0.263. The average molecular weight is 400 g/mol. The zero-order chi connectivity index (χ0) is 19.4. The van der Waals surface area contributed by atoms with E-state index in [0.29, 0.717) is 22.8 Å². The smallest absolute Gasteiger partial charge is 0.271 e. The SMILES string of the molecule is CCc1nc(C(=O)NC(C)Cn2ccc(-c3ccc(C#N)c(Cl)c3)n2)cs1. The van der Waals surface area contributed by atoms with Crippen LogP contribution in [0.4, 0.5) is 0 Å². The maximum absolute atomic E-state index is 12.3. The molecule has 3 aromatic rings. The van der Waals surface area contributed by atoms with Crippen LogP contribution in [0, 0.1) is 11.3 Å². The van der Waals surface area contributed by atoms with Crippen LogP contribution in [-0.2, 0) is 13.0 Å². The number of rotatable bonds is 6. The Balaban J connectivity index is 1.64. The molecule has 0 saturated heterocycles. The number of nitrogens with one attached hydrogen (secondary N) is 1. The van der Waals surface area contributed by atoms with Gasteiger partial charge >= 0.3 is 0 Å². The summed E-state index contributed by atoms with van der Waals surface area (Å²) in [6.07, 6.45) is 2.67. The number of hydrogen-bond donors (Lipinski definition) is 1. The topological polar surface area (TPSA) is 83.6 Å². The molecule has 3 rings (SSSR count). The molecule has 2 heterocycles. The number of benzene rings is 1. The Bertz CT molecular complexity index is 1000. The number of aromatic nitrogens is 3. The lowest BCUT2D eigenvalue weighted by Gasteiger charge is -2.13. The Kier molecular flexibility index (Phi) is 5.89. The summed E-state index contributed by atoms with van der Waals surface area (Å²) < 4.78 is 1.77. The van der Waals surface area contributed by atoms with Crippen LogP contribution in [0.15, 0.2) is 35.8 Å². The van der Waals surface area contributed by atoms with E-state index in [0.717, 1.165) is 22.7 Å². The molecule has 1 atom stereocenters. The molecular weight excluding hydrogens is 382 g/mol. The van der Waals surface area contributed by atoms with Gasteiger partial charge in [0, 0.05) is 23.2 Å². The summed E-state index contributed by atoms with van der Waals surface area (Å²) >= 11 is 7.58. The van der Waals surface area contributed by atoms with E-state index in [9.17, 15) is 4.79 Å². The standard InChI is InChI=1S/C19H18ClN5OS/c1-3-18-23-17(11-27-18)19(26)22-12(2)10-25-7-6-16(24-25)13-4-5-14(9-21)15(20)8-13/h4-8,11-12H,3,10H2,1-2H3,(H,22,26). The molecule has 0 fully saturated rings. The Morgan fingerprint density at radius 3 is 2.93 bits per heavy atom. The number of thiazole rings is 1. The van der Waals surface area contributed by atoms with E-state index in [-0.39, 0.29) is 11.9 Å². The molecule has 0 aliphatic heterocycles. The van der Waals surface area contributed by atoms with Crippen molar-refractivity contribution in [3.63, 3.8) is 0 Å². The first-order valence-electron chi connectivity index (χ1n) is 8.49. The molecule has 8 heteroatoms. The molecule has 138 valence electrons. The fourth-order valence-electron chi connectivity index (χ4n) is 2.58. The Labute approximate surface area is 166 Å². The van der Waals surface area contributed by atoms with Gasteiger partial charge in [-0.15, -0.1) is 11.3 Å². The Hall–Kier alpha value is -2.69. The molecule has 0 bridgehead atoms. The van der Waals surface area contributed by atoms with Gasteiger partial charge in [0.15, 0.2) is 0 Å². The second kappa shape index (κ2) is 8.33. The van der Waals surface area contributed by atoms with Gasteiger partial charge in [-0.05, 0) is 31.5 Å². The van der Waals surface area contributed by atoms with Crippen molar-refractivity contribution in [2.24, 2.45) is 0 Å². The van der Waals surface area contributed by atoms with Crippen LogP contribution in [-0.4, -0.2) is 26.7 Å². The second-order valence-electron chi connectivity index (χ2n) is 6.08. The molecule has 1 N–H and O–H groups in total. The van der Waals surface area contributed by atoms with Crippen LogP contribution in [0.1, 0.15) is 34.9 Å². The molecule has 1 unspecified atom stereocenters. The first kappa shape index (κ1) is 19.1. The normalized spacial score (nSPS) is 11.8. The van der Waals surface area contributed by atoms with Crippen LogP contribution in [0.2, 0.25) is 5.02 Å². The van der Waals surface area contributed by atoms with Gasteiger partial charge in [0.25, 0.3) is 5.91 Å². The third-order valence-electron chi connectivity index (χ3n) is 3.95. The van der Waals surface area contributed by atoms with E-state index < -0.39 is 0 Å². The van der Waals surface area contributed by atoms with Gasteiger partial charge in [-0.2, -0.15) is 10.4 Å². The lowest BCUT2D eigenvalue weighted by Crippen LogP contribution is -2.36. The molecule has 0 aliphatic rings. The van der Waals surface area contributed by atoms with Gasteiger partial charge in [0.05, 0.1) is 27.8 Å². The number of carbonyl (C=O) groups excluding carboxylic acids is 1. The lowest BCUT2D eigenvalue weighted by molar-refractivity contribution is 0.0931. The minimum Gasteiger partial charge on any atom is -0.346 e. The van der Waals surface area contributed by atoms with Crippen molar-refractivity contribution in [3.8, 4) is 17.3 Å². The molecule has 0 aliphatic carbocycles. The quantitative estimate of drug-likeness (QED) is 0.681. The molecule has 0 radical (unpaired) electrons. The summed E-state index contributed by atoms with van der Waals surface area (Å²) in [5.74, 6) is -0.176. The number of nitrogens with zero attached hydrogens (tertiary/aromatic N) is 4. The average Bonchev–Trinajstić information content (AvgIpc) is 3.30. The van der Waals surface area contributed by atoms with E-state index in [4.69, 9.17) is 16.9 Å². The van der Waals surface area contributed by atoms with Gasteiger partial charge in [-0.25, -0.2) is 4.98 Å². The van der Waals surface area contributed by atoms with Gasteiger partial charge in [0.1, 0.15) is 11.8 Å². The maximum atomic E-state index is 12.3. The molecule has 1 aromatic carbocycles. The third-order valence-corrected chi connectivity index (χ3v) is 5.26. The van der Waals surface area contributed by atoms with E-state index >= 15 is 0 Å². The monoisotopic (exact) mass is 399 g/mol. The van der Waals surface area contributed by atoms with Gasteiger partial charge in [-0.1, -0.05) is 24.6 Å². The van der Waals surface area contributed by atoms with E-state index in [1.165, 1.54) is 11.3 Å². The Morgan fingerprint density at radius 1 is 1.44 bits per heavy atom. The highest BCUT2D eigenvalue weighted by atomic mass is 35.5. The van der Waals surface area contributed by atoms with Crippen LogP contribution in [0.5, 0.6) is 0 Å². The summed E-state index contributed by atoms with van der Waals surface area (Å²) in [5.41, 5.74) is 2.48. The second-order valence-corrected chi connectivity index (χ2v) is 7.43. The zero-order valence-corrected chi connectivity index (χ0v) is 16.5. The maximum Gasteiger partial charge on any atom is 0.271 e. The molecule has 6 nitrogen and oxygen atoms in total. The molecule has 27 heavy (non-hydrogen) atoms. The molecule has 2 aromatic heterocycles. The van der Waals surface area contributed by atoms with Crippen molar-refractivity contribution in [1.29, 1.82) is 5.26 Å². The highest BCUT2D eigenvalue weighted by Crippen LogP contribution is 2.24. The fourth-order valence-corrected chi connectivity index (χ4v) is 3.53. The van der Waals surface area contributed by atoms with Gasteiger partial charge in [0.2, 0.25) is 0 Å². The number of hydrogen-bond acceptors (Lipinski definition) is 5. The molecular formula is C19H18ClN5OS. The van der Waals surface area contributed by atoms with Crippen LogP contribution in [0.3, 0.4) is 0 Å². The van der Waals surface area contributed by atoms with E-state index in [1.807, 2.05) is 38.2 Å². The minimum absolute atomic E-state index is 0.110. The van der Waals surface area contributed by atoms with Crippen LogP contribution in [0.25, 0.3) is 11.3 Å². The number of carbonyl (C=O) groups is 1. The van der Waals surface area contributed by atoms with Crippen LogP contribution >= 0.6 is 22.9 Å². The van der Waals surface area contributed by atoms with E-state index in [1.54, 1.807) is 22.2 Å². The van der Waals surface area contributed by atoms with Crippen molar-refractivity contribution < 1.29 is 4.79 Å². The van der Waals surface area contributed by atoms with Crippen molar-refractivity contribution in [2.45, 2.75) is 32.9 Å². The van der Waals surface area contributed by atoms with Crippen molar-refractivity contribution in [3.05, 3.63) is 57.1 Å². The highest BCUT2D eigenvalue weighted by molar-refractivity contribution is 7.09. The number of nitriles is 1.